The zero-order chi connectivity index (χ0) is 13.7. The molecule has 0 bridgehead atoms. The van der Waals surface area contributed by atoms with Gasteiger partial charge in [0, 0.05) is 0 Å². The van der Waals surface area contributed by atoms with E-state index < -0.39 is 21.3 Å². The van der Waals surface area contributed by atoms with E-state index in [4.69, 9.17) is 0 Å². The lowest BCUT2D eigenvalue weighted by Crippen LogP contribution is -2.23. The SMILES string of the molecule is Cc1cc(C)c2nc(C(F)(F)S(=O)(=O)F)[nH]c2c1. The summed E-state index contributed by atoms with van der Waals surface area (Å²) in [6.07, 6.45) is 0. The molecule has 2 aromatic rings. The average molecular weight is 278 g/mol. The molecule has 0 aliphatic carbocycles. The molecule has 0 saturated heterocycles. The van der Waals surface area contributed by atoms with E-state index in [1.165, 1.54) is 6.07 Å². The highest BCUT2D eigenvalue weighted by Gasteiger charge is 2.50. The van der Waals surface area contributed by atoms with Crippen molar-refractivity contribution in [2.24, 2.45) is 0 Å². The first-order chi connectivity index (χ1) is 8.13. The Balaban J connectivity index is 2.72. The minimum absolute atomic E-state index is 0.193. The van der Waals surface area contributed by atoms with E-state index in [9.17, 15) is 21.1 Å². The predicted molar refractivity (Wildman–Crippen MR) is 59.5 cm³/mol. The van der Waals surface area contributed by atoms with Gasteiger partial charge in [-0.3, -0.25) is 0 Å². The Morgan fingerprint density at radius 1 is 1.28 bits per heavy atom. The highest BCUT2D eigenvalue weighted by atomic mass is 32.3. The van der Waals surface area contributed by atoms with E-state index in [1.54, 1.807) is 19.9 Å². The zero-order valence-electron chi connectivity index (χ0n) is 9.46. The van der Waals surface area contributed by atoms with Crippen LogP contribution in [0.25, 0.3) is 11.0 Å². The number of aromatic nitrogens is 2. The summed E-state index contributed by atoms with van der Waals surface area (Å²) < 4.78 is 59.9. The van der Waals surface area contributed by atoms with Crippen LogP contribution in [0.3, 0.4) is 0 Å². The molecule has 0 amide bonds. The van der Waals surface area contributed by atoms with Crippen molar-refractivity contribution in [1.29, 1.82) is 0 Å². The van der Waals surface area contributed by atoms with Crippen LogP contribution in [0.4, 0.5) is 12.7 Å². The lowest BCUT2D eigenvalue weighted by Gasteiger charge is -2.06. The number of halogens is 3. The van der Waals surface area contributed by atoms with Crippen LogP contribution >= 0.6 is 0 Å². The van der Waals surface area contributed by atoms with Crippen LogP contribution in [-0.4, -0.2) is 18.4 Å². The molecule has 0 aliphatic rings. The predicted octanol–water partition coefficient (Wildman–Crippen LogP) is 2.53. The molecule has 0 atom stereocenters. The Labute approximate surface area is 101 Å². The molecule has 1 heterocycles. The summed E-state index contributed by atoms with van der Waals surface area (Å²) in [6.45, 7) is 3.39. The van der Waals surface area contributed by atoms with Gasteiger partial charge in [0.15, 0.2) is 5.82 Å². The molecule has 0 saturated carbocycles. The molecule has 0 radical (unpaired) electrons. The maximum atomic E-state index is 13.3. The van der Waals surface area contributed by atoms with Crippen molar-refractivity contribution in [3.05, 3.63) is 29.1 Å². The second-order valence-electron chi connectivity index (χ2n) is 4.02. The summed E-state index contributed by atoms with van der Waals surface area (Å²) in [4.78, 5) is 5.61. The summed E-state index contributed by atoms with van der Waals surface area (Å²) in [5, 5.41) is -4.67. The normalized spacial score (nSPS) is 13.2. The van der Waals surface area contributed by atoms with Crippen LogP contribution in [-0.2, 0) is 15.5 Å². The number of rotatable bonds is 2. The van der Waals surface area contributed by atoms with Crippen LogP contribution in [0.1, 0.15) is 17.0 Å². The monoisotopic (exact) mass is 278 g/mol. The van der Waals surface area contributed by atoms with Gasteiger partial charge in [0.05, 0.1) is 11.0 Å². The van der Waals surface area contributed by atoms with Crippen molar-refractivity contribution in [1.82, 2.24) is 9.97 Å². The zero-order valence-corrected chi connectivity index (χ0v) is 10.3. The van der Waals surface area contributed by atoms with E-state index in [-0.39, 0.29) is 11.0 Å². The second kappa shape index (κ2) is 3.71. The Hall–Kier alpha value is -1.57. The fourth-order valence-corrected chi connectivity index (χ4v) is 2.05. The average Bonchev–Trinajstić information content (AvgIpc) is 2.59. The fourth-order valence-electron chi connectivity index (χ4n) is 1.72. The molecule has 1 N–H and O–H groups in total. The van der Waals surface area contributed by atoms with E-state index in [0.717, 1.165) is 5.56 Å². The fraction of sp³-hybridized carbons (Fsp3) is 0.300. The smallest absolute Gasteiger partial charge is 0.336 e. The number of imidazole rings is 1. The molecule has 18 heavy (non-hydrogen) atoms. The van der Waals surface area contributed by atoms with Crippen molar-refractivity contribution >= 4 is 21.3 Å². The van der Waals surface area contributed by atoms with Gasteiger partial charge in [0.1, 0.15) is 0 Å². The molecule has 2 rings (SSSR count). The molecule has 1 aromatic heterocycles. The van der Waals surface area contributed by atoms with Crippen molar-refractivity contribution in [2.45, 2.75) is 19.1 Å². The number of aryl methyl sites for hydroxylation is 2. The highest BCUT2D eigenvalue weighted by molar-refractivity contribution is 7.87. The number of alkyl halides is 2. The number of benzene rings is 1. The number of hydrogen-bond donors (Lipinski definition) is 1. The topological polar surface area (TPSA) is 62.8 Å². The molecule has 0 unspecified atom stereocenters. The summed E-state index contributed by atoms with van der Waals surface area (Å²) >= 11 is 0. The molecule has 0 spiro atoms. The van der Waals surface area contributed by atoms with Crippen molar-refractivity contribution < 1.29 is 21.1 Å². The van der Waals surface area contributed by atoms with E-state index in [0.29, 0.717) is 5.56 Å². The number of hydrogen-bond acceptors (Lipinski definition) is 3. The van der Waals surface area contributed by atoms with E-state index in [1.807, 2.05) is 0 Å². The minimum Gasteiger partial charge on any atom is -0.336 e. The third-order valence-corrected chi connectivity index (χ3v) is 3.31. The lowest BCUT2D eigenvalue weighted by molar-refractivity contribution is 0.0755. The van der Waals surface area contributed by atoms with Gasteiger partial charge in [0.2, 0.25) is 0 Å². The van der Waals surface area contributed by atoms with Gasteiger partial charge in [-0.05, 0) is 31.0 Å². The third-order valence-electron chi connectivity index (χ3n) is 2.50. The van der Waals surface area contributed by atoms with Gasteiger partial charge in [0.25, 0.3) is 0 Å². The molecule has 1 aromatic carbocycles. The quantitative estimate of drug-likeness (QED) is 0.859. The van der Waals surface area contributed by atoms with Crippen LogP contribution in [0, 0.1) is 13.8 Å². The van der Waals surface area contributed by atoms with E-state index in [2.05, 4.69) is 9.97 Å². The lowest BCUT2D eigenvalue weighted by atomic mass is 10.1. The Bertz CT molecular complexity index is 722. The van der Waals surface area contributed by atoms with Gasteiger partial charge in [-0.15, -0.1) is 0 Å². The van der Waals surface area contributed by atoms with Crippen LogP contribution in [0.15, 0.2) is 12.1 Å². The second-order valence-corrected chi connectivity index (χ2v) is 5.41. The molecule has 8 heteroatoms. The van der Waals surface area contributed by atoms with E-state index >= 15 is 0 Å². The minimum atomic E-state index is -6.05. The molecule has 0 fully saturated rings. The number of fused-ring (bicyclic) bond motifs is 1. The van der Waals surface area contributed by atoms with Gasteiger partial charge in [-0.25, -0.2) is 4.98 Å². The maximum absolute atomic E-state index is 13.3. The Morgan fingerprint density at radius 3 is 2.44 bits per heavy atom. The molecule has 0 aliphatic heterocycles. The van der Waals surface area contributed by atoms with Gasteiger partial charge < -0.3 is 4.98 Å². The number of aromatic amines is 1. The standard InChI is InChI=1S/C10H9F3N2O2S/c1-5-3-6(2)8-7(4-5)14-9(15-8)10(11,12)18(13,16)17/h3-4H,1-2H3,(H,14,15). The molecular weight excluding hydrogens is 269 g/mol. The van der Waals surface area contributed by atoms with Crippen LogP contribution in [0.2, 0.25) is 0 Å². The first-order valence-corrected chi connectivity index (χ1v) is 6.31. The molecule has 4 nitrogen and oxygen atoms in total. The molecular formula is C10H9F3N2O2S. The number of nitrogens with one attached hydrogen (secondary N) is 1. The largest absolute Gasteiger partial charge is 0.430 e. The summed E-state index contributed by atoms with van der Waals surface area (Å²) in [5.41, 5.74) is 1.82. The maximum Gasteiger partial charge on any atom is 0.430 e. The summed E-state index contributed by atoms with van der Waals surface area (Å²) in [7, 11) is -6.05. The Kier molecular flexibility index (Phi) is 2.65. The third kappa shape index (κ3) is 1.86. The summed E-state index contributed by atoms with van der Waals surface area (Å²) in [6, 6.07) is 3.23. The first kappa shape index (κ1) is 12.9. The van der Waals surface area contributed by atoms with Gasteiger partial charge in [-0.2, -0.15) is 17.2 Å². The number of H-pyrrole nitrogens is 1. The number of nitrogens with zero attached hydrogens (tertiary/aromatic N) is 1. The van der Waals surface area contributed by atoms with Crippen LogP contribution < -0.4 is 0 Å². The van der Waals surface area contributed by atoms with Crippen molar-refractivity contribution in [3.63, 3.8) is 0 Å². The van der Waals surface area contributed by atoms with Gasteiger partial charge >= 0.3 is 15.5 Å². The highest BCUT2D eigenvalue weighted by Crippen LogP contribution is 2.35. The first-order valence-electron chi connectivity index (χ1n) is 4.92. The molecule has 98 valence electrons. The van der Waals surface area contributed by atoms with Gasteiger partial charge in [-0.1, -0.05) is 9.95 Å². The summed E-state index contributed by atoms with van der Waals surface area (Å²) in [5.74, 6) is -1.21. The Morgan fingerprint density at radius 2 is 1.89 bits per heavy atom. The van der Waals surface area contributed by atoms with Crippen LogP contribution in [0.5, 0.6) is 0 Å². The van der Waals surface area contributed by atoms with Crippen molar-refractivity contribution in [3.8, 4) is 0 Å². The van der Waals surface area contributed by atoms with Crippen molar-refractivity contribution in [2.75, 3.05) is 0 Å².